The Kier molecular flexibility index (Phi) is 6.07. The van der Waals surface area contributed by atoms with Gasteiger partial charge >= 0.3 is 12.1 Å². The first-order valence-corrected chi connectivity index (χ1v) is 8.94. The van der Waals surface area contributed by atoms with Gasteiger partial charge in [-0.25, -0.2) is 9.67 Å². The standard InChI is InChI=1S/C20H17F5N4O2/c1-12-7-8-15(9-14(12)10-31-11-19(21,22)20(23,24)25)29-18(13-5-3-2-4-6-13)27-17(28-29)16(26)30/h2-9H,10-11H2,1H3,(H2,26,30). The first-order valence-electron chi connectivity index (χ1n) is 8.94. The molecule has 1 aromatic heterocycles. The average molecular weight is 440 g/mol. The van der Waals surface area contributed by atoms with Crippen molar-refractivity contribution in [3.63, 3.8) is 0 Å². The monoisotopic (exact) mass is 440 g/mol. The van der Waals surface area contributed by atoms with Crippen LogP contribution in [0.1, 0.15) is 21.7 Å². The van der Waals surface area contributed by atoms with Gasteiger partial charge in [-0.15, -0.1) is 5.10 Å². The maximum Gasteiger partial charge on any atom is 0.455 e. The second kappa shape index (κ2) is 8.42. The highest BCUT2D eigenvalue weighted by atomic mass is 19.4. The molecule has 3 rings (SSSR count). The number of carbonyl (C=O) groups excluding carboxylic acids is 1. The molecule has 2 N–H and O–H groups in total. The van der Waals surface area contributed by atoms with Crippen LogP contribution in [-0.2, 0) is 11.3 Å². The Hall–Kier alpha value is -3.34. The number of hydrogen-bond donors (Lipinski definition) is 1. The van der Waals surface area contributed by atoms with Crippen LogP contribution in [0.3, 0.4) is 0 Å². The molecule has 0 radical (unpaired) electrons. The lowest BCUT2D eigenvalue weighted by molar-refractivity contribution is -0.297. The second-order valence-electron chi connectivity index (χ2n) is 6.71. The van der Waals surface area contributed by atoms with Gasteiger partial charge in [0.05, 0.1) is 12.3 Å². The van der Waals surface area contributed by atoms with E-state index in [1.54, 1.807) is 49.4 Å². The molecule has 3 aromatic rings. The summed E-state index contributed by atoms with van der Waals surface area (Å²) in [5.74, 6) is -5.74. The van der Waals surface area contributed by atoms with E-state index in [9.17, 15) is 26.7 Å². The lowest BCUT2D eigenvalue weighted by Gasteiger charge is -2.19. The van der Waals surface area contributed by atoms with Crippen LogP contribution in [0.25, 0.3) is 17.1 Å². The van der Waals surface area contributed by atoms with Gasteiger partial charge in [0.2, 0.25) is 5.82 Å². The molecular weight excluding hydrogens is 423 g/mol. The van der Waals surface area contributed by atoms with Crippen LogP contribution in [-0.4, -0.2) is 39.4 Å². The van der Waals surface area contributed by atoms with Crippen molar-refractivity contribution in [2.75, 3.05) is 6.61 Å². The van der Waals surface area contributed by atoms with Crippen molar-refractivity contribution in [2.24, 2.45) is 5.73 Å². The zero-order valence-electron chi connectivity index (χ0n) is 16.2. The maximum atomic E-state index is 13.1. The van der Waals surface area contributed by atoms with Gasteiger partial charge in [0.25, 0.3) is 5.91 Å². The predicted octanol–water partition coefficient (Wildman–Crippen LogP) is 4.06. The second-order valence-corrected chi connectivity index (χ2v) is 6.71. The number of aromatic nitrogens is 3. The highest BCUT2D eigenvalue weighted by Crippen LogP contribution is 2.35. The summed E-state index contributed by atoms with van der Waals surface area (Å²) in [4.78, 5) is 15.7. The number of halogens is 5. The number of benzene rings is 2. The molecule has 0 aliphatic carbocycles. The van der Waals surface area contributed by atoms with Gasteiger partial charge < -0.3 is 10.5 Å². The molecule has 1 amide bonds. The summed E-state index contributed by atoms with van der Waals surface area (Å²) < 4.78 is 69.1. The zero-order valence-corrected chi connectivity index (χ0v) is 16.2. The summed E-state index contributed by atoms with van der Waals surface area (Å²) in [5.41, 5.74) is 7.29. The van der Waals surface area contributed by atoms with E-state index in [1.807, 2.05) is 0 Å². The first kappa shape index (κ1) is 22.3. The normalized spacial score (nSPS) is 12.2. The molecule has 1 heterocycles. The average Bonchev–Trinajstić information content (AvgIpc) is 3.15. The van der Waals surface area contributed by atoms with E-state index in [-0.39, 0.29) is 5.82 Å². The molecule has 0 atom stereocenters. The Labute approximate surface area is 173 Å². The van der Waals surface area contributed by atoms with Crippen LogP contribution < -0.4 is 5.73 Å². The minimum Gasteiger partial charge on any atom is -0.370 e. The van der Waals surface area contributed by atoms with E-state index in [0.29, 0.717) is 28.2 Å². The van der Waals surface area contributed by atoms with E-state index < -0.39 is 31.2 Å². The van der Waals surface area contributed by atoms with Crippen LogP contribution >= 0.6 is 0 Å². The third-order valence-corrected chi connectivity index (χ3v) is 4.39. The fourth-order valence-electron chi connectivity index (χ4n) is 2.69. The molecule has 0 saturated heterocycles. The fourth-order valence-corrected chi connectivity index (χ4v) is 2.69. The molecule has 0 unspecified atom stereocenters. The van der Waals surface area contributed by atoms with Crippen molar-refractivity contribution in [3.05, 3.63) is 65.5 Å². The van der Waals surface area contributed by atoms with E-state index in [4.69, 9.17) is 5.73 Å². The van der Waals surface area contributed by atoms with Gasteiger partial charge in [-0.05, 0) is 30.2 Å². The van der Waals surface area contributed by atoms with Gasteiger partial charge in [0.1, 0.15) is 6.61 Å². The highest BCUT2D eigenvalue weighted by molar-refractivity contribution is 5.89. The summed E-state index contributed by atoms with van der Waals surface area (Å²) in [5, 5.41) is 4.10. The Bertz CT molecular complexity index is 1080. The Morgan fingerprint density at radius 2 is 1.77 bits per heavy atom. The molecule has 0 fully saturated rings. The fraction of sp³-hybridized carbons (Fsp3) is 0.250. The number of nitrogens with two attached hydrogens (primary N) is 1. The van der Waals surface area contributed by atoms with Crippen LogP contribution in [0.15, 0.2) is 48.5 Å². The van der Waals surface area contributed by atoms with E-state index in [1.165, 1.54) is 10.7 Å². The minimum absolute atomic E-state index is 0.234. The SMILES string of the molecule is Cc1ccc(-n2nc(C(N)=O)nc2-c2ccccc2)cc1COCC(F)(F)C(F)(F)F. The third kappa shape index (κ3) is 4.88. The molecule has 11 heteroatoms. The van der Waals surface area contributed by atoms with Crippen molar-refractivity contribution in [2.45, 2.75) is 25.6 Å². The summed E-state index contributed by atoms with van der Waals surface area (Å²) in [7, 11) is 0. The van der Waals surface area contributed by atoms with E-state index in [2.05, 4.69) is 14.8 Å². The number of aryl methyl sites for hydroxylation is 1. The van der Waals surface area contributed by atoms with Gasteiger partial charge in [0, 0.05) is 5.56 Å². The molecule has 0 aliphatic rings. The topological polar surface area (TPSA) is 83.0 Å². The molecule has 164 valence electrons. The third-order valence-electron chi connectivity index (χ3n) is 4.39. The number of nitrogens with zero attached hydrogens (tertiary/aromatic N) is 3. The van der Waals surface area contributed by atoms with Crippen LogP contribution in [0, 0.1) is 6.92 Å². The number of amides is 1. The Morgan fingerprint density at radius 1 is 1.10 bits per heavy atom. The molecular formula is C20H17F5N4O2. The van der Waals surface area contributed by atoms with Gasteiger partial charge in [-0.3, -0.25) is 4.79 Å². The van der Waals surface area contributed by atoms with Gasteiger partial charge in [0.15, 0.2) is 5.82 Å². The molecule has 2 aromatic carbocycles. The molecule has 0 aliphatic heterocycles. The van der Waals surface area contributed by atoms with Crippen molar-refractivity contribution >= 4 is 5.91 Å². The van der Waals surface area contributed by atoms with Crippen molar-refractivity contribution < 1.29 is 31.5 Å². The summed E-state index contributed by atoms with van der Waals surface area (Å²) in [6.45, 7) is -0.632. The van der Waals surface area contributed by atoms with Crippen LogP contribution in [0.4, 0.5) is 22.0 Å². The lowest BCUT2D eigenvalue weighted by Crippen LogP contribution is -2.40. The smallest absolute Gasteiger partial charge is 0.370 e. The van der Waals surface area contributed by atoms with Crippen LogP contribution in [0.5, 0.6) is 0 Å². The van der Waals surface area contributed by atoms with Crippen molar-refractivity contribution in [3.8, 4) is 17.1 Å². The quantitative estimate of drug-likeness (QED) is 0.562. The van der Waals surface area contributed by atoms with Crippen molar-refractivity contribution in [1.29, 1.82) is 0 Å². The molecule has 0 bridgehead atoms. The Morgan fingerprint density at radius 3 is 2.39 bits per heavy atom. The first-order chi connectivity index (χ1) is 14.5. The zero-order chi connectivity index (χ0) is 22.8. The lowest BCUT2D eigenvalue weighted by atomic mass is 10.1. The number of rotatable bonds is 7. The largest absolute Gasteiger partial charge is 0.455 e. The number of alkyl halides is 5. The van der Waals surface area contributed by atoms with E-state index >= 15 is 0 Å². The summed E-state index contributed by atoms with van der Waals surface area (Å²) in [6, 6.07) is 13.5. The molecule has 0 spiro atoms. The maximum absolute atomic E-state index is 13.1. The molecule has 0 saturated carbocycles. The summed E-state index contributed by atoms with van der Waals surface area (Å²) >= 11 is 0. The van der Waals surface area contributed by atoms with Crippen LogP contribution in [0.2, 0.25) is 0 Å². The minimum atomic E-state index is -5.69. The van der Waals surface area contributed by atoms with Gasteiger partial charge in [-0.2, -0.15) is 22.0 Å². The van der Waals surface area contributed by atoms with Gasteiger partial charge in [-0.1, -0.05) is 36.4 Å². The number of ether oxygens (including phenoxy) is 1. The number of hydrogen-bond acceptors (Lipinski definition) is 4. The Balaban J connectivity index is 1.92. The van der Waals surface area contributed by atoms with E-state index in [0.717, 1.165) is 0 Å². The molecule has 6 nitrogen and oxygen atoms in total. The number of primary amides is 1. The number of carbonyl (C=O) groups is 1. The predicted molar refractivity (Wildman–Crippen MR) is 101 cm³/mol. The summed E-state index contributed by atoms with van der Waals surface area (Å²) in [6.07, 6.45) is -5.69. The highest BCUT2D eigenvalue weighted by Gasteiger charge is 2.57. The van der Waals surface area contributed by atoms with Crippen molar-refractivity contribution in [1.82, 2.24) is 14.8 Å². The molecule has 31 heavy (non-hydrogen) atoms.